The zero-order valence-corrected chi connectivity index (χ0v) is 18.4. The Morgan fingerprint density at radius 2 is 2.13 bits per heavy atom. The zero-order chi connectivity index (χ0) is 21.5. The lowest BCUT2D eigenvalue weighted by atomic mass is 10.1. The molecule has 0 aliphatic carbocycles. The van der Waals surface area contributed by atoms with Gasteiger partial charge in [-0.2, -0.15) is 5.10 Å². The summed E-state index contributed by atoms with van der Waals surface area (Å²) in [4.78, 5) is 30.2. The molecule has 1 aliphatic heterocycles. The molecule has 1 atom stereocenters. The van der Waals surface area contributed by atoms with Crippen LogP contribution in [-0.4, -0.2) is 35.8 Å². The first kappa shape index (κ1) is 19.7. The molecule has 0 saturated heterocycles. The molecule has 1 aromatic carbocycles. The fourth-order valence-electron chi connectivity index (χ4n) is 4.30. The zero-order valence-electron chi connectivity index (χ0n) is 17.5. The Bertz CT molecular complexity index is 1330. The number of aryl methyl sites for hydroxylation is 3. The number of para-hydroxylation sites is 1. The van der Waals surface area contributed by atoms with Crippen molar-refractivity contribution in [2.24, 2.45) is 7.05 Å². The van der Waals surface area contributed by atoms with Gasteiger partial charge in [-0.25, -0.2) is 14.5 Å². The van der Waals surface area contributed by atoms with Crippen LogP contribution in [0.1, 0.15) is 39.7 Å². The van der Waals surface area contributed by atoms with Gasteiger partial charge in [0.05, 0.1) is 22.8 Å². The van der Waals surface area contributed by atoms with Gasteiger partial charge in [0.1, 0.15) is 5.82 Å². The number of fused-ring (bicyclic) bond motifs is 2. The first-order chi connectivity index (χ1) is 15.0. The second-order valence-electron chi connectivity index (χ2n) is 8.03. The average Bonchev–Trinajstić information content (AvgIpc) is 3.36. The molecule has 1 amide bonds. The summed E-state index contributed by atoms with van der Waals surface area (Å²) in [5, 5.41) is 11.6. The van der Waals surface area contributed by atoms with E-state index >= 15 is 0 Å². The summed E-state index contributed by atoms with van der Waals surface area (Å²) in [6.45, 7) is 2.89. The predicted octanol–water partition coefficient (Wildman–Crippen LogP) is 2.48. The minimum absolute atomic E-state index is 0.00204. The summed E-state index contributed by atoms with van der Waals surface area (Å²) in [7, 11) is 1.95. The van der Waals surface area contributed by atoms with Crippen molar-refractivity contribution >= 4 is 28.1 Å². The highest BCUT2D eigenvalue weighted by atomic mass is 32.1. The molecule has 3 aromatic heterocycles. The smallest absolute Gasteiger partial charge is 0.346 e. The topological polar surface area (TPSA) is 86.7 Å². The molecule has 0 saturated carbocycles. The van der Waals surface area contributed by atoms with E-state index < -0.39 is 0 Å². The largest absolute Gasteiger partial charge is 0.350 e. The van der Waals surface area contributed by atoms with Crippen LogP contribution in [0.4, 0.5) is 0 Å². The van der Waals surface area contributed by atoms with Gasteiger partial charge >= 0.3 is 5.69 Å². The van der Waals surface area contributed by atoms with Crippen molar-refractivity contribution in [1.82, 2.24) is 29.2 Å². The molecule has 1 aliphatic rings. The fraction of sp³-hybridized carbons (Fsp3) is 0.364. The maximum Gasteiger partial charge on any atom is 0.346 e. The van der Waals surface area contributed by atoms with E-state index in [1.807, 2.05) is 54.4 Å². The van der Waals surface area contributed by atoms with Gasteiger partial charge in [0.25, 0.3) is 5.91 Å². The molecule has 160 valence electrons. The van der Waals surface area contributed by atoms with Crippen molar-refractivity contribution in [2.75, 3.05) is 0 Å². The summed E-state index contributed by atoms with van der Waals surface area (Å²) in [6.07, 6.45) is 3.98. The van der Waals surface area contributed by atoms with E-state index in [9.17, 15) is 9.59 Å². The fourth-order valence-corrected chi connectivity index (χ4v) is 4.90. The van der Waals surface area contributed by atoms with Crippen molar-refractivity contribution < 1.29 is 4.79 Å². The van der Waals surface area contributed by atoms with Gasteiger partial charge in [-0.15, -0.1) is 11.3 Å². The Morgan fingerprint density at radius 3 is 2.94 bits per heavy atom. The van der Waals surface area contributed by atoms with Crippen molar-refractivity contribution in [2.45, 2.75) is 45.3 Å². The number of amides is 1. The number of rotatable bonds is 4. The summed E-state index contributed by atoms with van der Waals surface area (Å²) >= 11 is 1.57. The first-order valence-corrected chi connectivity index (χ1v) is 11.3. The third-order valence-electron chi connectivity index (χ3n) is 5.87. The third-order valence-corrected chi connectivity index (χ3v) is 6.69. The number of carbonyl (C=O) groups excluding carboxylic acids is 1. The van der Waals surface area contributed by atoms with Crippen LogP contribution in [0.5, 0.6) is 0 Å². The summed E-state index contributed by atoms with van der Waals surface area (Å²) in [5.41, 5.74) is 2.46. The van der Waals surface area contributed by atoms with E-state index in [0.717, 1.165) is 33.8 Å². The SMILES string of the molecule is Cc1nc(Cn2nc3n(c2=O)CCC(NC(=O)c2cn(C)c4ccccc24)CC3)cs1. The summed E-state index contributed by atoms with van der Waals surface area (Å²) < 4.78 is 5.21. The van der Waals surface area contributed by atoms with E-state index in [0.29, 0.717) is 31.5 Å². The molecule has 8 nitrogen and oxygen atoms in total. The highest BCUT2D eigenvalue weighted by molar-refractivity contribution is 7.09. The number of thiazole rings is 1. The molecule has 1 unspecified atom stereocenters. The Balaban J connectivity index is 1.29. The van der Waals surface area contributed by atoms with Crippen LogP contribution in [0.25, 0.3) is 10.9 Å². The average molecular weight is 437 g/mol. The molecule has 31 heavy (non-hydrogen) atoms. The quantitative estimate of drug-likeness (QED) is 0.533. The van der Waals surface area contributed by atoms with Crippen LogP contribution < -0.4 is 11.0 Å². The van der Waals surface area contributed by atoms with Gasteiger partial charge in [-0.1, -0.05) is 18.2 Å². The van der Waals surface area contributed by atoms with Crippen LogP contribution in [-0.2, 0) is 26.6 Å². The molecule has 0 fully saturated rings. The van der Waals surface area contributed by atoms with Gasteiger partial charge < -0.3 is 9.88 Å². The van der Waals surface area contributed by atoms with Crippen molar-refractivity contribution in [3.05, 3.63) is 68.4 Å². The molecule has 1 N–H and O–H groups in total. The highest BCUT2D eigenvalue weighted by Crippen LogP contribution is 2.21. The number of aromatic nitrogens is 5. The minimum atomic E-state index is -0.110. The van der Waals surface area contributed by atoms with Crippen LogP contribution in [0.3, 0.4) is 0 Å². The predicted molar refractivity (Wildman–Crippen MR) is 120 cm³/mol. The number of carbonyl (C=O) groups is 1. The number of nitrogens with zero attached hydrogens (tertiary/aromatic N) is 5. The monoisotopic (exact) mass is 436 g/mol. The lowest BCUT2D eigenvalue weighted by Crippen LogP contribution is -2.35. The van der Waals surface area contributed by atoms with E-state index in [4.69, 9.17) is 0 Å². The molecule has 0 radical (unpaired) electrons. The van der Waals surface area contributed by atoms with Gasteiger partial charge in [-0.3, -0.25) is 9.36 Å². The van der Waals surface area contributed by atoms with Crippen LogP contribution in [0.2, 0.25) is 0 Å². The number of nitrogens with one attached hydrogen (secondary N) is 1. The van der Waals surface area contributed by atoms with E-state index in [-0.39, 0.29) is 17.6 Å². The standard InChI is InChI=1S/C22H24N6O2S/c1-14-23-16(13-31-14)11-28-22(30)27-10-9-15(7-8-20(27)25-28)24-21(29)18-12-26(2)19-6-4-3-5-17(18)19/h3-6,12-13,15H,7-11H2,1-2H3,(H,24,29). The molecular weight excluding hydrogens is 412 g/mol. The Morgan fingerprint density at radius 1 is 1.29 bits per heavy atom. The lowest BCUT2D eigenvalue weighted by molar-refractivity contribution is 0.0934. The van der Waals surface area contributed by atoms with Crippen molar-refractivity contribution in [1.29, 1.82) is 0 Å². The third kappa shape index (κ3) is 3.69. The normalized spacial score (nSPS) is 16.3. The molecule has 4 aromatic rings. The second kappa shape index (κ2) is 7.81. The number of benzene rings is 1. The molecule has 4 heterocycles. The minimum Gasteiger partial charge on any atom is -0.350 e. The highest BCUT2D eigenvalue weighted by Gasteiger charge is 2.23. The number of hydrogen-bond acceptors (Lipinski definition) is 5. The Kier molecular flexibility index (Phi) is 4.97. The summed E-state index contributed by atoms with van der Waals surface area (Å²) in [5.74, 6) is 0.705. The molecule has 0 spiro atoms. The van der Waals surface area contributed by atoms with E-state index in [1.54, 1.807) is 15.9 Å². The van der Waals surface area contributed by atoms with Gasteiger partial charge in [0, 0.05) is 48.5 Å². The first-order valence-electron chi connectivity index (χ1n) is 10.4. The second-order valence-corrected chi connectivity index (χ2v) is 9.10. The van der Waals surface area contributed by atoms with Gasteiger partial charge in [0.2, 0.25) is 0 Å². The van der Waals surface area contributed by atoms with E-state index in [2.05, 4.69) is 15.4 Å². The van der Waals surface area contributed by atoms with Gasteiger partial charge in [0.15, 0.2) is 0 Å². The molecule has 9 heteroatoms. The van der Waals surface area contributed by atoms with Crippen LogP contribution in [0.15, 0.2) is 40.6 Å². The Labute approximate surface area is 183 Å². The molecule has 5 rings (SSSR count). The van der Waals surface area contributed by atoms with Crippen LogP contribution >= 0.6 is 11.3 Å². The van der Waals surface area contributed by atoms with E-state index in [1.165, 1.54) is 4.68 Å². The van der Waals surface area contributed by atoms with Crippen molar-refractivity contribution in [3.8, 4) is 0 Å². The lowest BCUT2D eigenvalue weighted by Gasteiger charge is -2.15. The van der Waals surface area contributed by atoms with Crippen molar-refractivity contribution in [3.63, 3.8) is 0 Å². The molecular formula is C22H24N6O2S. The molecule has 0 bridgehead atoms. The number of hydrogen-bond donors (Lipinski definition) is 1. The summed E-state index contributed by atoms with van der Waals surface area (Å²) in [6, 6.07) is 7.90. The maximum atomic E-state index is 13.0. The van der Waals surface area contributed by atoms with Gasteiger partial charge in [-0.05, 0) is 25.8 Å². The Hall–Kier alpha value is -3.20. The maximum absolute atomic E-state index is 13.0. The van der Waals surface area contributed by atoms with Crippen LogP contribution in [0, 0.1) is 6.92 Å².